The third-order valence-electron chi connectivity index (χ3n) is 3.50. The van der Waals surface area contributed by atoms with Crippen LogP contribution < -0.4 is 15.8 Å². The van der Waals surface area contributed by atoms with E-state index in [1.165, 1.54) is 30.5 Å². The van der Waals surface area contributed by atoms with Crippen LogP contribution in [0, 0.1) is 11.3 Å². The summed E-state index contributed by atoms with van der Waals surface area (Å²) in [6.07, 6.45) is 1.10. The molecule has 0 aliphatic carbocycles. The van der Waals surface area contributed by atoms with Gasteiger partial charge in [0.25, 0.3) is 5.91 Å². The first-order chi connectivity index (χ1) is 13.2. The van der Waals surface area contributed by atoms with Crippen LogP contribution in [0.1, 0.15) is 5.56 Å². The van der Waals surface area contributed by atoms with Crippen molar-refractivity contribution in [1.29, 1.82) is 5.26 Å². The maximum atomic E-state index is 12.2. The first-order valence-corrected chi connectivity index (χ1v) is 9.35. The number of primary sulfonamides is 1. The molecule has 0 radical (unpaired) electrons. The Kier molecular flexibility index (Phi) is 6.49. The minimum absolute atomic E-state index is 0.102. The number of benzene rings is 2. The monoisotopic (exact) mass is 400 g/mol. The van der Waals surface area contributed by atoms with Gasteiger partial charge in [-0.25, -0.2) is 13.6 Å². The minimum Gasteiger partial charge on any atom is -0.481 e. The molecule has 9 nitrogen and oxygen atoms in total. The van der Waals surface area contributed by atoms with Crippen LogP contribution in [-0.4, -0.2) is 25.4 Å². The molecule has 10 heteroatoms. The van der Waals surface area contributed by atoms with Crippen molar-refractivity contribution in [3.63, 3.8) is 0 Å². The summed E-state index contributed by atoms with van der Waals surface area (Å²) < 4.78 is 22.4. The third-order valence-corrected chi connectivity index (χ3v) is 4.43. The van der Waals surface area contributed by atoms with Gasteiger partial charge >= 0.3 is 5.97 Å². The summed E-state index contributed by atoms with van der Waals surface area (Å²) in [5, 5.41) is 28.2. The van der Waals surface area contributed by atoms with Gasteiger partial charge in [0.05, 0.1) is 11.3 Å². The number of carbonyl (C=O) groups excluding carboxylic acids is 1. The number of sulfonamides is 1. The molecular weight excluding hydrogens is 384 g/mol. The van der Waals surface area contributed by atoms with Gasteiger partial charge < -0.3 is 15.7 Å². The van der Waals surface area contributed by atoms with Crippen LogP contribution in [0.25, 0.3) is 0 Å². The molecule has 0 spiro atoms. The van der Waals surface area contributed by atoms with Crippen LogP contribution in [0.4, 0.5) is 11.4 Å². The Labute approximate surface area is 161 Å². The lowest BCUT2D eigenvalue weighted by atomic mass is 10.1. The molecule has 0 aliphatic rings. The number of anilines is 2. The number of hydrogen-bond acceptors (Lipinski definition) is 6. The van der Waals surface area contributed by atoms with Crippen LogP contribution in [0.15, 0.2) is 65.2 Å². The van der Waals surface area contributed by atoms with E-state index in [-0.39, 0.29) is 22.6 Å². The molecule has 5 N–H and O–H groups in total. The molecule has 1 amide bonds. The van der Waals surface area contributed by atoms with Crippen molar-refractivity contribution in [1.82, 2.24) is 0 Å². The summed E-state index contributed by atoms with van der Waals surface area (Å²) in [6.45, 7) is 0. The predicted molar refractivity (Wildman–Crippen MR) is 102 cm³/mol. The smallest absolute Gasteiger partial charge is 0.307 e. The second kappa shape index (κ2) is 8.81. The fourth-order valence-electron chi connectivity index (χ4n) is 2.12. The van der Waals surface area contributed by atoms with Gasteiger partial charge in [0.15, 0.2) is 0 Å². The van der Waals surface area contributed by atoms with Gasteiger partial charge in [-0.2, -0.15) is 5.26 Å². The standard InChI is InChI=1S/C18H16N4O5S/c19-10-13(11-21-14-3-1-12(2-4-14)9-17(23)24)18(25)22-15-5-7-16(8-6-15)28(20,26)27/h1-8,11,21H,9H2,(H,22,25)(H,23,24)(H2,20,26,27)/b13-11-. The van der Waals surface area contributed by atoms with Gasteiger partial charge in [-0.1, -0.05) is 12.1 Å². The highest BCUT2D eigenvalue weighted by Gasteiger charge is 2.11. The van der Waals surface area contributed by atoms with Crippen molar-refractivity contribution >= 4 is 33.3 Å². The van der Waals surface area contributed by atoms with Gasteiger partial charge in [0, 0.05) is 17.6 Å². The van der Waals surface area contributed by atoms with Crippen molar-refractivity contribution in [2.24, 2.45) is 5.14 Å². The molecule has 2 aromatic rings. The molecule has 0 aliphatic heterocycles. The Balaban J connectivity index is 2.04. The molecule has 0 bridgehead atoms. The largest absolute Gasteiger partial charge is 0.481 e. The summed E-state index contributed by atoms with van der Waals surface area (Å²) in [4.78, 5) is 22.7. The number of nitrogens with zero attached hydrogens (tertiary/aromatic N) is 1. The van der Waals surface area contributed by atoms with E-state index in [1.54, 1.807) is 30.3 Å². The summed E-state index contributed by atoms with van der Waals surface area (Å²) in [6, 6.07) is 13.4. The number of amides is 1. The summed E-state index contributed by atoms with van der Waals surface area (Å²) in [5.74, 6) is -1.64. The topological polar surface area (TPSA) is 162 Å². The highest BCUT2D eigenvalue weighted by atomic mass is 32.2. The van der Waals surface area contributed by atoms with E-state index in [2.05, 4.69) is 10.6 Å². The Morgan fingerprint density at radius 2 is 1.64 bits per heavy atom. The highest BCUT2D eigenvalue weighted by Crippen LogP contribution is 2.14. The molecule has 0 saturated carbocycles. The number of aliphatic carboxylic acids is 1. The van der Waals surface area contributed by atoms with Crippen molar-refractivity contribution in [2.75, 3.05) is 10.6 Å². The van der Waals surface area contributed by atoms with E-state index in [0.717, 1.165) is 0 Å². The average Bonchev–Trinajstić information content (AvgIpc) is 2.63. The lowest BCUT2D eigenvalue weighted by Crippen LogP contribution is -2.15. The maximum Gasteiger partial charge on any atom is 0.307 e. The quantitative estimate of drug-likeness (QED) is 0.403. The lowest BCUT2D eigenvalue weighted by Gasteiger charge is -2.06. The number of nitriles is 1. The average molecular weight is 400 g/mol. The third kappa shape index (κ3) is 5.94. The van der Waals surface area contributed by atoms with E-state index >= 15 is 0 Å². The van der Waals surface area contributed by atoms with Gasteiger partial charge in [0.1, 0.15) is 11.6 Å². The number of nitrogens with two attached hydrogens (primary N) is 1. The molecule has 2 rings (SSSR count). The molecule has 0 unspecified atom stereocenters. The Morgan fingerprint density at radius 1 is 1.07 bits per heavy atom. The summed E-state index contributed by atoms with van der Waals surface area (Å²) in [5.41, 5.74) is 1.25. The maximum absolute atomic E-state index is 12.2. The van der Waals surface area contributed by atoms with Crippen LogP contribution in [-0.2, 0) is 26.0 Å². The number of rotatable bonds is 7. The van der Waals surface area contributed by atoms with Crippen molar-refractivity contribution in [3.05, 3.63) is 65.9 Å². The fraction of sp³-hybridized carbons (Fsp3) is 0.0556. The molecule has 0 saturated heterocycles. The van der Waals surface area contributed by atoms with E-state index in [1.807, 2.05) is 0 Å². The van der Waals surface area contributed by atoms with Crippen LogP contribution in [0.3, 0.4) is 0 Å². The number of carboxylic acid groups (broad SMARTS) is 1. The number of nitrogens with one attached hydrogen (secondary N) is 2. The second-order valence-electron chi connectivity index (χ2n) is 5.61. The van der Waals surface area contributed by atoms with Gasteiger partial charge in [-0.05, 0) is 42.0 Å². The molecule has 144 valence electrons. The zero-order valence-electron chi connectivity index (χ0n) is 14.4. The predicted octanol–water partition coefficient (Wildman–Crippen LogP) is 1.42. The number of hydrogen-bond donors (Lipinski definition) is 4. The fourth-order valence-corrected chi connectivity index (χ4v) is 2.64. The van der Waals surface area contributed by atoms with Crippen LogP contribution in [0.2, 0.25) is 0 Å². The second-order valence-corrected chi connectivity index (χ2v) is 7.17. The number of carbonyl (C=O) groups is 2. The van der Waals surface area contributed by atoms with Gasteiger partial charge in [0.2, 0.25) is 10.0 Å². The summed E-state index contributed by atoms with van der Waals surface area (Å²) >= 11 is 0. The lowest BCUT2D eigenvalue weighted by molar-refractivity contribution is -0.136. The highest BCUT2D eigenvalue weighted by molar-refractivity contribution is 7.89. The SMILES string of the molecule is N#C/C(=C/Nc1ccc(CC(=O)O)cc1)C(=O)Nc1ccc(S(N)(=O)=O)cc1. The van der Waals surface area contributed by atoms with Gasteiger partial charge in [-0.15, -0.1) is 0 Å². The molecule has 0 heterocycles. The Morgan fingerprint density at radius 3 is 2.14 bits per heavy atom. The zero-order valence-corrected chi connectivity index (χ0v) is 15.2. The van der Waals surface area contributed by atoms with Crippen LogP contribution >= 0.6 is 0 Å². The normalized spacial score (nSPS) is 11.4. The minimum atomic E-state index is -3.84. The van der Waals surface area contributed by atoms with E-state index in [4.69, 9.17) is 15.5 Å². The molecule has 28 heavy (non-hydrogen) atoms. The molecular formula is C18H16N4O5S. The van der Waals surface area contributed by atoms with E-state index < -0.39 is 21.9 Å². The first kappa shape index (κ1) is 20.6. The van der Waals surface area contributed by atoms with E-state index in [0.29, 0.717) is 11.3 Å². The molecule has 0 atom stereocenters. The first-order valence-electron chi connectivity index (χ1n) is 7.81. The zero-order chi connectivity index (χ0) is 20.7. The van der Waals surface area contributed by atoms with Gasteiger partial charge in [-0.3, -0.25) is 9.59 Å². The summed E-state index contributed by atoms with van der Waals surface area (Å²) in [7, 11) is -3.84. The van der Waals surface area contributed by atoms with Crippen LogP contribution in [0.5, 0.6) is 0 Å². The Hall–Kier alpha value is -3.68. The van der Waals surface area contributed by atoms with Crippen molar-refractivity contribution in [3.8, 4) is 6.07 Å². The van der Waals surface area contributed by atoms with Crippen molar-refractivity contribution < 1.29 is 23.1 Å². The Bertz CT molecular complexity index is 1050. The molecule has 2 aromatic carbocycles. The van der Waals surface area contributed by atoms with Crippen molar-refractivity contribution in [2.45, 2.75) is 11.3 Å². The molecule has 0 aromatic heterocycles. The number of carboxylic acids is 1. The van der Waals surface area contributed by atoms with E-state index in [9.17, 15) is 18.0 Å². The molecule has 0 fully saturated rings.